The molecule has 12 heavy (non-hydrogen) atoms. The van der Waals surface area contributed by atoms with Crippen LogP contribution in [0.1, 0.15) is 16.7 Å². The van der Waals surface area contributed by atoms with Gasteiger partial charge >= 0.3 is 0 Å². The monoisotopic (exact) mass is 183 g/mol. The molecule has 2 heteroatoms. The summed E-state index contributed by atoms with van der Waals surface area (Å²) in [6.07, 6.45) is 0.909. The second kappa shape index (κ2) is 3.92. The van der Waals surface area contributed by atoms with Crippen LogP contribution in [-0.4, -0.2) is 6.54 Å². The molecule has 0 aliphatic heterocycles. The van der Waals surface area contributed by atoms with Crippen LogP contribution in [0.15, 0.2) is 12.1 Å². The number of rotatable bonds is 2. The van der Waals surface area contributed by atoms with E-state index in [-0.39, 0.29) is 0 Å². The van der Waals surface area contributed by atoms with Crippen LogP contribution in [-0.2, 0) is 6.42 Å². The zero-order chi connectivity index (χ0) is 9.14. The molecule has 0 spiro atoms. The van der Waals surface area contributed by atoms with Gasteiger partial charge in [-0.15, -0.1) is 0 Å². The molecule has 0 bridgehead atoms. The summed E-state index contributed by atoms with van der Waals surface area (Å²) < 4.78 is 0. The Morgan fingerprint density at radius 3 is 2.50 bits per heavy atom. The molecule has 0 aliphatic carbocycles. The van der Waals surface area contributed by atoms with E-state index < -0.39 is 0 Å². The molecule has 66 valence electrons. The van der Waals surface area contributed by atoms with Crippen LogP contribution < -0.4 is 5.73 Å². The molecule has 0 aromatic heterocycles. The van der Waals surface area contributed by atoms with Crippen molar-refractivity contribution in [2.45, 2.75) is 20.3 Å². The maximum absolute atomic E-state index is 5.98. The maximum Gasteiger partial charge on any atom is 0.0438 e. The fraction of sp³-hybridized carbons (Fsp3) is 0.400. The first-order valence-electron chi connectivity index (χ1n) is 4.11. The number of nitrogens with two attached hydrogens (primary N) is 1. The molecule has 2 N–H and O–H groups in total. The van der Waals surface area contributed by atoms with Crippen LogP contribution in [0.5, 0.6) is 0 Å². The topological polar surface area (TPSA) is 26.0 Å². The molecule has 0 amide bonds. The molecule has 0 aliphatic rings. The van der Waals surface area contributed by atoms with E-state index in [4.69, 9.17) is 17.3 Å². The van der Waals surface area contributed by atoms with Crippen molar-refractivity contribution in [3.8, 4) is 0 Å². The predicted molar refractivity (Wildman–Crippen MR) is 53.7 cm³/mol. The van der Waals surface area contributed by atoms with Crippen molar-refractivity contribution in [3.05, 3.63) is 33.8 Å². The Bertz CT molecular complexity index is 281. The highest BCUT2D eigenvalue weighted by Crippen LogP contribution is 2.20. The van der Waals surface area contributed by atoms with E-state index in [9.17, 15) is 0 Å². The summed E-state index contributed by atoms with van der Waals surface area (Å²) in [4.78, 5) is 0. The zero-order valence-electron chi connectivity index (χ0n) is 7.52. The van der Waals surface area contributed by atoms with Gasteiger partial charge in [-0.25, -0.2) is 0 Å². The Kier molecular flexibility index (Phi) is 3.12. The molecule has 1 aromatic carbocycles. The lowest BCUT2D eigenvalue weighted by atomic mass is 10.0. The average molecular weight is 184 g/mol. The minimum atomic E-state index is 0.681. The van der Waals surface area contributed by atoms with Crippen molar-refractivity contribution in [3.63, 3.8) is 0 Å². The summed E-state index contributed by atoms with van der Waals surface area (Å²) in [6, 6.07) is 4.12. The number of benzene rings is 1. The summed E-state index contributed by atoms with van der Waals surface area (Å²) in [5.74, 6) is 0. The standard InChI is InChI=1S/C10H14ClN/c1-7-5-8(2)10(11)6-9(7)3-4-12/h5-6H,3-4,12H2,1-2H3. The second-order valence-electron chi connectivity index (χ2n) is 3.07. The smallest absolute Gasteiger partial charge is 0.0438 e. The molecule has 0 radical (unpaired) electrons. The van der Waals surface area contributed by atoms with Crippen LogP contribution in [0.25, 0.3) is 0 Å². The Labute approximate surface area is 78.5 Å². The summed E-state index contributed by atoms with van der Waals surface area (Å²) in [5, 5.41) is 0.837. The van der Waals surface area contributed by atoms with Gasteiger partial charge in [0.25, 0.3) is 0 Å². The summed E-state index contributed by atoms with van der Waals surface area (Å²) in [7, 11) is 0. The summed E-state index contributed by atoms with van der Waals surface area (Å²) >= 11 is 5.98. The van der Waals surface area contributed by atoms with Gasteiger partial charge in [0.1, 0.15) is 0 Å². The molecule has 1 rings (SSSR count). The average Bonchev–Trinajstić information content (AvgIpc) is 2.01. The van der Waals surface area contributed by atoms with E-state index in [1.807, 2.05) is 13.0 Å². The van der Waals surface area contributed by atoms with Gasteiger partial charge in [-0.1, -0.05) is 17.7 Å². The number of hydrogen-bond acceptors (Lipinski definition) is 1. The summed E-state index contributed by atoms with van der Waals surface area (Å²) in [6.45, 7) is 4.79. The molecule has 0 saturated heterocycles. The Balaban J connectivity index is 3.05. The molecule has 0 fully saturated rings. The number of halogens is 1. The van der Waals surface area contributed by atoms with Crippen LogP contribution >= 0.6 is 11.6 Å². The molecule has 0 atom stereocenters. The lowest BCUT2D eigenvalue weighted by Crippen LogP contribution is -2.04. The Morgan fingerprint density at radius 2 is 1.92 bits per heavy atom. The van der Waals surface area contributed by atoms with Gasteiger partial charge in [0.05, 0.1) is 0 Å². The van der Waals surface area contributed by atoms with E-state index in [0.717, 1.165) is 17.0 Å². The number of aryl methyl sites for hydroxylation is 2. The highest BCUT2D eigenvalue weighted by Gasteiger charge is 2.01. The molecule has 1 aromatic rings. The van der Waals surface area contributed by atoms with Crippen molar-refractivity contribution < 1.29 is 0 Å². The van der Waals surface area contributed by atoms with Gasteiger partial charge in [0, 0.05) is 5.02 Å². The van der Waals surface area contributed by atoms with Crippen molar-refractivity contribution >= 4 is 11.6 Å². The molecule has 0 saturated carbocycles. The van der Waals surface area contributed by atoms with Gasteiger partial charge in [0.2, 0.25) is 0 Å². The fourth-order valence-electron chi connectivity index (χ4n) is 1.29. The van der Waals surface area contributed by atoms with E-state index in [1.165, 1.54) is 11.1 Å². The molecule has 0 unspecified atom stereocenters. The van der Waals surface area contributed by atoms with E-state index in [2.05, 4.69) is 13.0 Å². The quantitative estimate of drug-likeness (QED) is 0.749. The minimum Gasteiger partial charge on any atom is -0.330 e. The third-order valence-electron chi connectivity index (χ3n) is 2.03. The molecule has 0 heterocycles. The normalized spacial score (nSPS) is 10.3. The van der Waals surface area contributed by atoms with Gasteiger partial charge in [-0.3, -0.25) is 0 Å². The van der Waals surface area contributed by atoms with Crippen molar-refractivity contribution in [2.24, 2.45) is 5.73 Å². The van der Waals surface area contributed by atoms with Crippen molar-refractivity contribution in [1.82, 2.24) is 0 Å². The lowest BCUT2D eigenvalue weighted by molar-refractivity contribution is 0.956. The first-order valence-corrected chi connectivity index (χ1v) is 4.48. The molecular formula is C10H14ClN. The minimum absolute atomic E-state index is 0.681. The van der Waals surface area contributed by atoms with Gasteiger partial charge in [-0.05, 0) is 49.6 Å². The number of hydrogen-bond donors (Lipinski definition) is 1. The molecule has 1 nitrogen and oxygen atoms in total. The van der Waals surface area contributed by atoms with E-state index in [1.54, 1.807) is 0 Å². The molecular weight excluding hydrogens is 170 g/mol. The fourth-order valence-corrected chi connectivity index (χ4v) is 1.48. The van der Waals surface area contributed by atoms with Crippen LogP contribution in [0.4, 0.5) is 0 Å². The van der Waals surface area contributed by atoms with Gasteiger partial charge in [0.15, 0.2) is 0 Å². The van der Waals surface area contributed by atoms with Crippen molar-refractivity contribution in [1.29, 1.82) is 0 Å². The third kappa shape index (κ3) is 1.99. The first kappa shape index (κ1) is 9.56. The van der Waals surface area contributed by atoms with E-state index in [0.29, 0.717) is 6.54 Å². The van der Waals surface area contributed by atoms with E-state index >= 15 is 0 Å². The Morgan fingerprint density at radius 1 is 1.25 bits per heavy atom. The Hall–Kier alpha value is -0.530. The zero-order valence-corrected chi connectivity index (χ0v) is 8.28. The maximum atomic E-state index is 5.98. The van der Waals surface area contributed by atoms with Crippen LogP contribution in [0.3, 0.4) is 0 Å². The van der Waals surface area contributed by atoms with Crippen molar-refractivity contribution in [2.75, 3.05) is 6.54 Å². The summed E-state index contributed by atoms with van der Waals surface area (Å²) in [5.41, 5.74) is 9.15. The lowest BCUT2D eigenvalue weighted by Gasteiger charge is -2.06. The first-order chi connectivity index (χ1) is 5.65. The van der Waals surface area contributed by atoms with Crippen LogP contribution in [0, 0.1) is 13.8 Å². The second-order valence-corrected chi connectivity index (χ2v) is 3.47. The third-order valence-corrected chi connectivity index (χ3v) is 2.44. The highest BCUT2D eigenvalue weighted by molar-refractivity contribution is 6.31. The predicted octanol–water partition coefficient (Wildman–Crippen LogP) is 2.46. The largest absolute Gasteiger partial charge is 0.330 e. The van der Waals surface area contributed by atoms with Gasteiger partial charge in [-0.2, -0.15) is 0 Å². The van der Waals surface area contributed by atoms with Gasteiger partial charge < -0.3 is 5.73 Å². The SMILES string of the molecule is Cc1cc(C)c(CCN)cc1Cl. The van der Waals surface area contributed by atoms with Crippen LogP contribution in [0.2, 0.25) is 5.02 Å². The highest BCUT2D eigenvalue weighted by atomic mass is 35.5.